The van der Waals surface area contributed by atoms with Crippen molar-refractivity contribution in [3.8, 4) is 0 Å². The Labute approximate surface area is 50.9 Å². The molecule has 0 fully saturated rings. The third-order valence-corrected chi connectivity index (χ3v) is 1.61. The van der Waals surface area contributed by atoms with Crippen molar-refractivity contribution in [2.24, 2.45) is 0 Å². The molecule has 0 heterocycles. The predicted octanol–water partition coefficient (Wildman–Crippen LogP) is 1.17. The van der Waals surface area contributed by atoms with Crippen LogP contribution >= 0.6 is 33.2 Å². The molecule has 0 aliphatic heterocycles. The van der Waals surface area contributed by atoms with E-state index in [0.29, 0.717) is 0 Å². The predicted molar refractivity (Wildman–Crippen MR) is 30.4 cm³/mol. The summed E-state index contributed by atoms with van der Waals surface area (Å²) in [5.74, 6) is 0. The average molecular weight is 165 g/mol. The van der Waals surface area contributed by atoms with Crippen LogP contribution in [0.25, 0.3) is 0 Å². The summed E-state index contributed by atoms with van der Waals surface area (Å²) in [6.45, 7) is 0. The van der Waals surface area contributed by atoms with Gasteiger partial charge >= 0.3 is 6.00 Å². The molecule has 5 heteroatoms. The van der Waals surface area contributed by atoms with E-state index in [1.807, 2.05) is 0 Å². The summed E-state index contributed by atoms with van der Waals surface area (Å²) < 4.78 is 0. The first-order chi connectivity index (χ1) is 2.56. The molecule has 0 aliphatic rings. The van der Waals surface area contributed by atoms with Gasteiger partial charge in [-0.25, -0.2) is 0 Å². The Kier molecular flexibility index (Phi) is 2.79. The minimum atomic E-state index is -2.66. The molecule has 0 saturated carbocycles. The Balaban J connectivity index is 3.17. The van der Waals surface area contributed by atoms with Gasteiger partial charge in [-0.05, 0) is 0 Å². The van der Waals surface area contributed by atoms with Crippen molar-refractivity contribution in [2.45, 2.75) is 0 Å². The molecule has 6 heavy (non-hydrogen) atoms. The summed E-state index contributed by atoms with van der Waals surface area (Å²) in [6.07, 6.45) is -0.294. The van der Waals surface area contributed by atoms with Gasteiger partial charge in [-0.2, -0.15) is 0 Å². The normalized spacial score (nSPS) is 12.0. The molecule has 0 amide bonds. The van der Waals surface area contributed by atoms with Gasteiger partial charge in [-0.15, -0.1) is 33.2 Å². The molecule has 0 rings (SSSR count). The van der Waals surface area contributed by atoms with E-state index in [4.69, 9.17) is 38.3 Å². The van der Waals surface area contributed by atoms with Crippen molar-refractivity contribution in [1.82, 2.24) is 0 Å². The fourth-order valence-electron chi connectivity index (χ4n) is 0. The Morgan fingerprint density at radius 2 is 1.50 bits per heavy atom. The Morgan fingerprint density at radius 3 is 1.50 bits per heavy atom. The van der Waals surface area contributed by atoms with Crippen LogP contribution in [0.1, 0.15) is 0 Å². The van der Waals surface area contributed by atoms with E-state index < -0.39 is 6.00 Å². The minimum absolute atomic E-state index is 0.294. The van der Waals surface area contributed by atoms with Crippen molar-refractivity contribution in [3.63, 3.8) is 0 Å². The van der Waals surface area contributed by atoms with E-state index in [0.717, 1.165) is 0 Å². The molecule has 0 saturated heterocycles. The smallest absolute Gasteiger partial charge is 0.365 e. The van der Waals surface area contributed by atoms with Crippen molar-refractivity contribution in [2.75, 3.05) is 6.23 Å². The highest BCUT2D eigenvalue weighted by Crippen LogP contribution is 2.17. The Morgan fingerprint density at radius 1 is 1.33 bits per heavy atom. The highest BCUT2D eigenvalue weighted by molar-refractivity contribution is 7.64. The van der Waals surface area contributed by atoms with Gasteiger partial charge in [-0.3, -0.25) is 0 Å². The van der Waals surface area contributed by atoms with E-state index in [2.05, 4.69) is 0 Å². The number of aliphatic hydroxyl groups is 1. The first-order valence-electron chi connectivity index (χ1n) is 1.24. The summed E-state index contributed by atoms with van der Waals surface area (Å²) in [6, 6.07) is -2.66. The first kappa shape index (κ1) is 7.05. The molecule has 1 nitrogen and oxygen atoms in total. The third kappa shape index (κ3) is 5.05. The summed E-state index contributed by atoms with van der Waals surface area (Å²) in [4.78, 5) is 0. The molecule has 38 valence electrons. The van der Waals surface area contributed by atoms with E-state index in [-0.39, 0.29) is 6.23 Å². The van der Waals surface area contributed by atoms with Gasteiger partial charge < -0.3 is 5.11 Å². The van der Waals surface area contributed by atoms with Crippen LogP contribution in [0.3, 0.4) is 0 Å². The van der Waals surface area contributed by atoms with Gasteiger partial charge in [0.1, 0.15) is 0 Å². The van der Waals surface area contributed by atoms with Gasteiger partial charge in [0.2, 0.25) is 0 Å². The summed E-state index contributed by atoms with van der Waals surface area (Å²) in [7, 11) is 0. The standard InChI is InChI=1S/CH3Cl3OSi/c2-6(3,4)1-5/h5H,1H2. The van der Waals surface area contributed by atoms with E-state index >= 15 is 0 Å². The van der Waals surface area contributed by atoms with Crippen LogP contribution in [0.5, 0.6) is 0 Å². The number of hydrogen-bond donors (Lipinski definition) is 1. The summed E-state index contributed by atoms with van der Waals surface area (Å²) >= 11 is 15.4. The molecular formula is CH3Cl3OSi. The molecule has 1 N–H and O–H groups in total. The zero-order valence-electron chi connectivity index (χ0n) is 2.79. The lowest BCUT2D eigenvalue weighted by Gasteiger charge is -1.97. The number of hydrogen-bond acceptors (Lipinski definition) is 1. The van der Waals surface area contributed by atoms with Crippen LogP contribution in [0.2, 0.25) is 0 Å². The quantitative estimate of drug-likeness (QED) is 0.457. The largest absolute Gasteiger partial charge is 0.396 e. The lowest BCUT2D eigenvalue weighted by molar-refractivity contribution is 0.365. The van der Waals surface area contributed by atoms with Crippen molar-refractivity contribution < 1.29 is 5.11 Å². The van der Waals surface area contributed by atoms with Crippen molar-refractivity contribution in [1.29, 1.82) is 0 Å². The Bertz CT molecular complexity index is 40.5. The molecule has 0 aliphatic carbocycles. The number of rotatable bonds is 1. The fourth-order valence-corrected chi connectivity index (χ4v) is 0. The van der Waals surface area contributed by atoms with Crippen LogP contribution < -0.4 is 0 Å². The van der Waals surface area contributed by atoms with Gasteiger partial charge in [-0.1, -0.05) is 0 Å². The maximum atomic E-state index is 8.07. The Hall–Kier alpha value is 1.05. The van der Waals surface area contributed by atoms with Crippen LogP contribution in [0.15, 0.2) is 0 Å². The zero-order valence-corrected chi connectivity index (χ0v) is 6.06. The van der Waals surface area contributed by atoms with Crippen LogP contribution in [-0.2, 0) is 0 Å². The molecule has 0 spiro atoms. The fraction of sp³-hybridized carbons (Fsp3) is 1.00. The molecule has 0 aromatic carbocycles. The second kappa shape index (κ2) is 2.38. The van der Waals surface area contributed by atoms with Gasteiger partial charge in [0.25, 0.3) is 0 Å². The minimum Gasteiger partial charge on any atom is -0.396 e. The van der Waals surface area contributed by atoms with E-state index in [1.165, 1.54) is 0 Å². The van der Waals surface area contributed by atoms with E-state index in [9.17, 15) is 0 Å². The highest BCUT2D eigenvalue weighted by atomic mass is 35.8. The highest BCUT2D eigenvalue weighted by Gasteiger charge is 2.22. The molecular weight excluding hydrogens is 162 g/mol. The van der Waals surface area contributed by atoms with Crippen LogP contribution in [0.4, 0.5) is 0 Å². The second-order valence-electron chi connectivity index (χ2n) is 0.773. The van der Waals surface area contributed by atoms with Gasteiger partial charge in [0.15, 0.2) is 0 Å². The maximum Gasteiger partial charge on any atom is 0.365 e. The summed E-state index contributed by atoms with van der Waals surface area (Å²) in [5, 5.41) is 8.07. The molecule has 0 radical (unpaired) electrons. The second-order valence-corrected chi connectivity index (χ2v) is 9.87. The molecule has 0 atom stereocenters. The lowest BCUT2D eigenvalue weighted by Crippen LogP contribution is -2.15. The monoisotopic (exact) mass is 164 g/mol. The number of halogens is 3. The lowest BCUT2D eigenvalue weighted by atomic mass is 11.7. The zero-order chi connectivity index (χ0) is 5.21. The van der Waals surface area contributed by atoms with Crippen molar-refractivity contribution >= 4 is 39.2 Å². The van der Waals surface area contributed by atoms with Crippen molar-refractivity contribution in [3.05, 3.63) is 0 Å². The molecule has 0 unspecified atom stereocenters. The van der Waals surface area contributed by atoms with Crippen LogP contribution in [-0.4, -0.2) is 17.3 Å². The third-order valence-electron chi connectivity index (χ3n) is 0.179. The first-order valence-corrected chi connectivity index (χ1v) is 6.48. The summed E-state index contributed by atoms with van der Waals surface area (Å²) in [5.41, 5.74) is 0. The van der Waals surface area contributed by atoms with E-state index in [1.54, 1.807) is 0 Å². The van der Waals surface area contributed by atoms with Gasteiger partial charge in [0, 0.05) is 0 Å². The van der Waals surface area contributed by atoms with Crippen LogP contribution in [0, 0.1) is 0 Å². The molecule has 0 bridgehead atoms. The molecule has 0 aromatic heterocycles. The average Bonchev–Trinajstić information content (AvgIpc) is 1.35. The topological polar surface area (TPSA) is 20.2 Å². The number of aliphatic hydroxyl groups excluding tert-OH is 1. The maximum absolute atomic E-state index is 8.07. The molecule has 0 aromatic rings. The van der Waals surface area contributed by atoms with Gasteiger partial charge in [0.05, 0.1) is 6.23 Å². The SMILES string of the molecule is OC[Si](Cl)(Cl)Cl.